The van der Waals surface area contributed by atoms with E-state index in [2.05, 4.69) is 9.97 Å². The maximum atomic E-state index is 13.3. The summed E-state index contributed by atoms with van der Waals surface area (Å²) < 4.78 is 31.0. The second kappa shape index (κ2) is 4.22. The summed E-state index contributed by atoms with van der Waals surface area (Å²) in [7, 11) is 0. The molecule has 0 unspecified atom stereocenters. The fourth-order valence-electron chi connectivity index (χ4n) is 1.12. The molecule has 0 aliphatic carbocycles. The summed E-state index contributed by atoms with van der Waals surface area (Å²) in [6.45, 7) is 1.67. The molecular formula is C11H8F2N2O. The summed E-state index contributed by atoms with van der Waals surface area (Å²) in [4.78, 5) is 7.53. The van der Waals surface area contributed by atoms with Gasteiger partial charge in [-0.2, -0.15) is 0 Å². The number of rotatable bonds is 2. The molecule has 0 N–H and O–H groups in total. The summed E-state index contributed by atoms with van der Waals surface area (Å²) in [5.74, 6) is -0.927. The van der Waals surface area contributed by atoms with Crippen LogP contribution in [0.25, 0.3) is 0 Å². The highest BCUT2D eigenvalue weighted by Gasteiger charge is 2.06. The zero-order valence-corrected chi connectivity index (χ0v) is 8.45. The minimum atomic E-state index is -0.529. The number of aryl methyl sites for hydroxylation is 1. The van der Waals surface area contributed by atoms with E-state index in [9.17, 15) is 8.78 Å². The van der Waals surface area contributed by atoms with Crippen molar-refractivity contribution in [3.8, 4) is 11.6 Å². The standard InChI is InChI=1S/C11H8F2N2O/c1-7-4-9(13)10(6-14-7)16-11-3-2-8(12)5-15-11/h2-6H,1H3. The highest BCUT2D eigenvalue weighted by molar-refractivity contribution is 5.26. The molecule has 2 aromatic heterocycles. The minimum absolute atomic E-state index is 0.0373. The molecule has 3 nitrogen and oxygen atoms in total. The van der Waals surface area contributed by atoms with Crippen LogP contribution in [0.3, 0.4) is 0 Å². The summed E-state index contributed by atoms with van der Waals surface area (Å²) >= 11 is 0. The van der Waals surface area contributed by atoms with Crippen LogP contribution in [0.1, 0.15) is 5.69 Å². The molecule has 2 heterocycles. The molecule has 0 aromatic carbocycles. The van der Waals surface area contributed by atoms with E-state index in [1.807, 2.05) is 0 Å². The third-order valence-corrected chi connectivity index (χ3v) is 1.87. The number of hydrogen-bond donors (Lipinski definition) is 0. The average molecular weight is 222 g/mol. The van der Waals surface area contributed by atoms with Gasteiger partial charge in [0, 0.05) is 11.8 Å². The van der Waals surface area contributed by atoms with Gasteiger partial charge in [0.1, 0.15) is 5.82 Å². The van der Waals surface area contributed by atoms with Crippen LogP contribution in [0.4, 0.5) is 8.78 Å². The Labute approximate surface area is 90.7 Å². The van der Waals surface area contributed by atoms with Gasteiger partial charge in [-0.05, 0) is 19.1 Å². The van der Waals surface area contributed by atoms with Crippen molar-refractivity contribution >= 4 is 0 Å². The topological polar surface area (TPSA) is 35.0 Å². The SMILES string of the molecule is Cc1cc(F)c(Oc2ccc(F)cn2)cn1. The Bertz CT molecular complexity index is 500. The zero-order valence-electron chi connectivity index (χ0n) is 8.45. The first-order chi connectivity index (χ1) is 7.65. The van der Waals surface area contributed by atoms with Gasteiger partial charge in [-0.25, -0.2) is 13.8 Å². The lowest BCUT2D eigenvalue weighted by Crippen LogP contribution is -1.93. The van der Waals surface area contributed by atoms with Gasteiger partial charge in [-0.1, -0.05) is 0 Å². The van der Waals surface area contributed by atoms with Gasteiger partial charge in [0.2, 0.25) is 5.88 Å². The number of aromatic nitrogens is 2. The molecule has 0 spiro atoms. The third kappa shape index (κ3) is 2.31. The normalized spacial score (nSPS) is 10.2. The Hall–Kier alpha value is -2.04. The monoisotopic (exact) mass is 222 g/mol. The molecule has 0 aliphatic rings. The predicted molar refractivity (Wildman–Crippen MR) is 53.2 cm³/mol. The molecule has 0 aliphatic heterocycles. The lowest BCUT2D eigenvalue weighted by Gasteiger charge is -2.05. The first kappa shape index (κ1) is 10.5. The smallest absolute Gasteiger partial charge is 0.219 e. The third-order valence-electron chi connectivity index (χ3n) is 1.87. The minimum Gasteiger partial charge on any atom is -0.434 e. The molecule has 0 fully saturated rings. The Kier molecular flexibility index (Phi) is 2.76. The van der Waals surface area contributed by atoms with Crippen LogP contribution in [0, 0.1) is 18.6 Å². The maximum absolute atomic E-state index is 13.3. The van der Waals surface area contributed by atoms with Gasteiger partial charge in [-0.3, -0.25) is 4.98 Å². The Morgan fingerprint density at radius 3 is 2.56 bits per heavy atom. The van der Waals surface area contributed by atoms with Crippen molar-refractivity contribution in [1.29, 1.82) is 0 Å². The second-order valence-electron chi connectivity index (χ2n) is 3.17. The van der Waals surface area contributed by atoms with Crippen LogP contribution in [-0.4, -0.2) is 9.97 Å². The van der Waals surface area contributed by atoms with Gasteiger partial charge in [0.05, 0.1) is 12.4 Å². The van der Waals surface area contributed by atoms with Crippen LogP contribution < -0.4 is 4.74 Å². The molecular weight excluding hydrogens is 214 g/mol. The second-order valence-corrected chi connectivity index (χ2v) is 3.17. The van der Waals surface area contributed by atoms with Crippen molar-refractivity contribution in [3.63, 3.8) is 0 Å². The molecule has 2 aromatic rings. The first-order valence-electron chi connectivity index (χ1n) is 4.57. The van der Waals surface area contributed by atoms with Gasteiger partial charge in [-0.15, -0.1) is 0 Å². The summed E-state index contributed by atoms with van der Waals surface area (Å²) in [6.07, 6.45) is 2.25. The fraction of sp³-hybridized carbons (Fsp3) is 0.0909. The molecule has 2 rings (SSSR count). The number of pyridine rings is 2. The Morgan fingerprint density at radius 2 is 1.94 bits per heavy atom. The molecule has 82 valence electrons. The first-order valence-corrected chi connectivity index (χ1v) is 4.57. The number of nitrogens with zero attached hydrogens (tertiary/aromatic N) is 2. The van der Waals surface area contributed by atoms with E-state index in [0.717, 1.165) is 6.20 Å². The van der Waals surface area contributed by atoms with Crippen molar-refractivity contribution in [2.24, 2.45) is 0 Å². The summed E-state index contributed by atoms with van der Waals surface area (Å²) in [6, 6.07) is 3.75. The number of hydrogen-bond acceptors (Lipinski definition) is 3. The fourth-order valence-corrected chi connectivity index (χ4v) is 1.12. The van der Waals surface area contributed by atoms with Gasteiger partial charge >= 0.3 is 0 Å². The van der Waals surface area contributed by atoms with E-state index in [4.69, 9.17) is 4.74 Å². The molecule has 0 radical (unpaired) electrons. The van der Waals surface area contributed by atoms with Crippen molar-refractivity contribution in [2.45, 2.75) is 6.92 Å². The van der Waals surface area contributed by atoms with E-state index in [-0.39, 0.29) is 11.6 Å². The molecule has 0 atom stereocenters. The van der Waals surface area contributed by atoms with Crippen molar-refractivity contribution in [2.75, 3.05) is 0 Å². The van der Waals surface area contributed by atoms with E-state index in [1.54, 1.807) is 6.92 Å². The number of ether oxygens (including phenoxy) is 1. The van der Waals surface area contributed by atoms with E-state index in [1.165, 1.54) is 24.4 Å². The predicted octanol–water partition coefficient (Wildman–Crippen LogP) is 2.86. The lowest BCUT2D eigenvalue weighted by molar-refractivity contribution is 0.422. The molecule has 0 saturated carbocycles. The van der Waals surface area contributed by atoms with Crippen LogP contribution >= 0.6 is 0 Å². The molecule has 5 heteroatoms. The maximum Gasteiger partial charge on any atom is 0.219 e. The quantitative estimate of drug-likeness (QED) is 0.783. The van der Waals surface area contributed by atoms with E-state index < -0.39 is 11.6 Å². The highest BCUT2D eigenvalue weighted by atomic mass is 19.1. The molecule has 16 heavy (non-hydrogen) atoms. The zero-order chi connectivity index (χ0) is 11.5. The number of halogens is 2. The van der Waals surface area contributed by atoms with Crippen LogP contribution in [0.2, 0.25) is 0 Å². The lowest BCUT2D eigenvalue weighted by atomic mass is 10.3. The Balaban J connectivity index is 2.23. The van der Waals surface area contributed by atoms with Crippen LogP contribution in [0.5, 0.6) is 11.6 Å². The van der Waals surface area contributed by atoms with Crippen molar-refractivity contribution in [3.05, 3.63) is 47.9 Å². The van der Waals surface area contributed by atoms with Crippen molar-refractivity contribution in [1.82, 2.24) is 9.97 Å². The van der Waals surface area contributed by atoms with Gasteiger partial charge in [0.25, 0.3) is 0 Å². The van der Waals surface area contributed by atoms with E-state index >= 15 is 0 Å². The van der Waals surface area contributed by atoms with Gasteiger partial charge in [0.15, 0.2) is 11.6 Å². The van der Waals surface area contributed by atoms with Gasteiger partial charge < -0.3 is 4.74 Å². The largest absolute Gasteiger partial charge is 0.434 e. The molecule has 0 amide bonds. The molecule has 0 bridgehead atoms. The van der Waals surface area contributed by atoms with Crippen molar-refractivity contribution < 1.29 is 13.5 Å². The highest BCUT2D eigenvalue weighted by Crippen LogP contribution is 2.22. The average Bonchev–Trinajstić information content (AvgIpc) is 2.25. The summed E-state index contributed by atoms with van der Waals surface area (Å²) in [5.41, 5.74) is 0.553. The van der Waals surface area contributed by atoms with Crippen LogP contribution in [-0.2, 0) is 0 Å². The Morgan fingerprint density at radius 1 is 1.12 bits per heavy atom. The summed E-state index contributed by atoms with van der Waals surface area (Å²) in [5, 5.41) is 0. The van der Waals surface area contributed by atoms with E-state index in [0.29, 0.717) is 5.69 Å². The van der Waals surface area contributed by atoms with Crippen LogP contribution in [0.15, 0.2) is 30.6 Å². The molecule has 0 saturated heterocycles.